The van der Waals surface area contributed by atoms with Gasteiger partial charge in [0.2, 0.25) is 5.91 Å². The topological polar surface area (TPSA) is 53.0 Å². The number of halogens is 2. The second kappa shape index (κ2) is 8.43. The van der Waals surface area contributed by atoms with Gasteiger partial charge in [0.15, 0.2) is 0 Å². The third-order valence-electron chi connectivity index (χ3n) is 4.28. The minimum Gasteiger partial charge on any atom is -0.336 e. The Morgan fingerprint density at radius 2 is 1.74 bits per heavy atom. The lowest BCUT2D eigenvalue weighted by atomic mass is 10.1. The average molecular weight is 432 g/mol. The van der Waals surface area contributed by atoms with Gasteiger partial charge in [-0.2, -0.15) is 5.10 Å². The van der Waals surface area contributed by atoms with E-state index in [1.165, 1.54) is 17.1 Å². The van der Waals surface area contributed by atoms with Gasteiger partial charge in [-0.3, -0.25) is 9.59 Å². The summed E-state index contributed by atoms with van der Waals surface area (Å²) < 4.78 is 14.0. The first-order valence-corrected chi connectivity index (χ1v) is 9.34. The Hall–Kier alpha value is -2.54. The monoisotopic (exact) mass is 431 g/mol. The van der Waals surface area contributed by atoms with Crippen LogP contribution in [0.25, 0.3) is 0 Å². The Morgan fingerprint density at radius 1 is 1.11 bits per heavy atom. The first-order chi connectivity index (χ1) is 12.9. The molecule has 5 nitrogen and oxygen atoms in total. The molecule has 3 rings (SSSR count). The lowest BCUT2D eigenvalue weighted by Gasteiger charge is -2.25. The van der Waals surface area contributed by atoms with Gasteiger partial charge in [-0.1, -0.05) is 40.2 Å². The molecule has 1 aliphatic heterocycles. The van der Waals surface area contributed by atoms with Gasteiger partial charge in [-0.25, -0.2) is 9.40 Å². The molecule has 1 aliphatic rings. The molecule has 0 unspecified atom stereocenters. The van der Waals surface area contributed by atoms with Gasteiger partial charge in [-0.15, -0.1) is 0 Å². The minimum atomic E-state index is -0.336. The summed E-state index contributed by atoms with van der Waals surface area (Å²) in [4.78, 5) is 26.5. The summed E-state index contributed by atoms with van der Waals surface area (Å²) in [5, 5.41) is 5.55. The Bertz CT molecular complexity index is 866. The highest BCUT2D eigenvalue weighted by Gasteiger charge is 2.26. The van der Waals surface area contributed by atoms with E-state index in [4.69, 9.17) is 0 Å². The van der Waals surface area contributed by atoms with Crippen molar-refractivity contribution in [2.24, 2.45) is 5.10 Å². The summed E-state index contributed by atoms with van der Waals surface area (Å²) in [6, 6.07) is 13.6. The van der Waals surface area contributed by atoms with E-state index < -0.39 is 0 Å². The molecule has 2 amide bonds. The van der Waals surface area contributed by atoms with E-state index in [0.717, 1.165) is 15.6 Å². The van der Waals surface area contributed by atoms with Gasteiger partial charge < -0.3 is 4.90 Å². The molecule has 1 heterocycles. The Labute approximate surface area is 165 Å². The normalized spacial score (nSPS) is 14.1. The Morgan fingerprint density at radius 3 is 2.41 bits per heavy atom. The summed E-state index contributed by atoms with van der Waals surface area (Å²) >= 11 is 3.39. The molecule has 0 saturated heterocycles. The van der Waals surface area contributed by atoms with Gasteiger partial charge in [0, 0.05) is 30.9 Å². The lowest BCUT2D eigenvalue weighted by Crippen LogP contribution is -2.39. The van der Waals surface area contributed by atoms with Crippen LogP contribution >= 0.6 is 15.9 Å². The van der Waals surface area contributed by atoms with Crippen LogP contribution in [-0.2, 0) is 22.7 Å². The number of rotatable bonds is 5. The molecule has 0 aliphatic carbocycles. The number of amides is 2. The molecular weight excluding hydrogens is 413 g/mol. The molecule has 0 radical (unpaired) electrons. The molecule has 2 aromatic rings. The van der Waals surface area contributed by atoms with Crippen LogP contribution in [0.15, 0.2) is 58.1 Å². The van der Waals surface area contributed by atoms with Crippen LogP contribution in [0.5, 0.6) is 0 Å². The van der Waals surface area contributed by atoms with Crippen molar-refractivity contribution in [3.63, 3.8) is 0 Å². The number of hydrazone groups is 1. The summed E-state index contributed by atoms with van der Waals surface area (Å²) in [7, 11) is 1.72. The van der Waals surface area contributed by atoms with E-state index in [0.29, 0.717) is 18.7 Å². The fraction of sp³-hybridized carbons (Fsp3) is 0.250. The number of carbonyl (C=O) groups excluding carboxylic acids is 2. The second-order valence-electron chi connectivity index (χ2n) is 6.41. The van der Waals surface area contributed by atoms with Crippen molar-refractivity contribution in [2.75, 3.05) is 7.05 Å². The van der Waals surface area contributed by atoms with Crippen LogP contribution in [-0.4, -0.2) is 34.5 Å². The maximum absolute atomic E-state index is 13.0. The molecule has 0 aromatic heterocycles. The third-order valence-corrected chi connectivity index (χ3v) is 4.81. The molecule has 0 saturated carbocycles. The van der Waals surface area contributed by atoms with Gasteiger partial charge in [0.05, 0.1) is 6.54 Å². The number of nitrogens with zero attached hydrogens (tertiary/aromatic N) is 3. The largest absolute Gasteiger partial charge is 0.336 e. The zero-order valence-electron chi connectivity index (χ0n) is 14.9. The predicted molar refractivity (Wildman–Crippen MR) is 104 cm³/mol. The number of hydrogen-bond acceptors (Lipinski definition) is 3. The van der Waals surface area contributed by atoms with Crippen LogP contribution in [0.2, 0.25) is 0 Å². The van der Waals surface area contributed by atoms with E-state index in [9.17, 15) is 14.0 Å². The fourth-order valence-corrected chi connectivity index (χ4v) is 3.06. The standard InChI is InChI=1S/C20H19BrFN3O2/c1-24(12-14-2-6-16(21)7-3-14)20(27)18-10-11-19(26)25(23-18)13-15-4-8-17(22)9-5-15/h2-9H,10-13H2,1H3. The van der Waals surface area contributed by atoms with Crippen molar-refractivity contribution in [3.8, 4) is 0 Å². The van der Waals surface area contributed by atoms with Gasteiger partial charge in [-0.05, 0) is 35.4 Å². The van der Waals surface area contributed by atoms with Crippen molar-refractivity contribution in [1.29, 1.82) is 0 Å². The molecule has 0 fully saturated rings. The van der Waals surface area contributed by atoms with E-state index >= 15 is 0 Å². The van der Waals surface area contributed by atoms with Crippen LogP contribution in [0.3, 0.4) is 0 Å². The SMILES string of the molecule is CN(Cc1ccc(Br)cc1)C(=O)C1=NN(Cc2ccc(F)cc2)C(=O)CC1. The van der Waals surface area contributed by atoms with Crippen LogP contribution in [0, 0.1) is 5.82 Å². The zero-order valence-corrected chi connectivity index (χ0v) is 16.4. The van der Waals surface area contributed by atoms with Gasteiger partial charge in [0.1, 0.15) is 11.5 Å². The number of hydrogen-bond donors (Lipinski definition) is 0. The maximum Gasteiger partial charge on any atom is 0.270 e. The average Bonchev–Trinajstić information content (AvgIpc) is 2.66. The minimum absolute atomic E-state index is 0.147. The molecule has 0 bridgehead atoms. The summed E-state index contributed by atoms with van der Waals surface area (Å²) in [6.07, 6.45) is 0.556. The van der Waals surface area contributed by atoms with Crippen molar-refractivity contribution in [3.05, 3.63) is 69.9 Å². The fourth-order valence-electron chi connectivity index (χ4n) is 2.80. The number of benzene rings is 2. The summed E-state index contributed by atoms with van der Waals surface area (Å²) in [5.74, 6) is -0.682. The van der Waals surface area contributed by atoms with Crippen molar-refractivity contribution in [2.45, 2.75) is 25.9 Å². The predicted octanol–water partition coefficient (Wildman–Crippen LogP) is 3.73. The zero-order chi connectivity index (χ0) is 19.4. The van der Waals surface area contributed by atoms with E-state index in [2.05, 4.69) is 21.0 Å². The number of carbonyl (C=O) groups is 2. The quantitative estimate of drug-likeness (QED) is 0.723. The molecule has 7 heteroatoms. The maximum atomic E-state index is 13.0. The first kappa shape index (κ1) is 19.2. The smallest absolute Gasteiger partial charge is 0.270 e. The van der Waals surface area contributed by atoms with Crippen molar-refractivity contribution in [1.82, 2.24) is 9.91 Å². The molecule has 27 heavy (non-hydrogen) atoms. The molecule has 0 atom stereocenters. The summed E-state index contributed by atoms with van der Waals surface area (Å²) in [6.45, 7) is 0.670. The lowest BCUT2D eigenvalue weighted by molar-refractivity contribution is -0.132. The molecule has 0 N–H and O–H groups in total. The first-order valence-electron chi connectivity index (χ1n) is 8.54. The van der Waals surface area contributed by atoms with Crippen molar-refractivity contribution < 1.29 is 14.0 Å². The molecule has 140 valence electrons. The highest BCUT2D eigenvalue weighted by molar-refractivity contribution is 9.10. The summed E-state index contributed by atoms with van der Waals surface area (Å²) in [5.41, 5.74) is 2.12. The van der Waals surface area contributed by atoms with E-state index in [1.54, 1.807) is 24.1 Å². The molecule has 0 spiro atoms. The van der Waals surface area contributed by atoms with E-state index in [-0.39, 0.29) is 30.6 Å². The van der Waals surface area contributed by atoms with E-state index in [1.807, 2.05) is 24.3 Å². The highest BCUT2D eigenvalue weighted by atomic mass is 79.9. The van der Waals surface area contributed by atoms with Crippen LogP contribution < -0.4 is 0 Å². The third kappa shape index (κ3) is 5.01. The van der Waals surface area contributed by atoms with Gasteiger partial charge in [0.25, 0.3) is 5.91 Å². The molecule has 2 aromatic carbocycles. The second-order valence-corrected chi connectivity index (χ2v) is 7.33. The highest BCUT2D eigenvalue weighted by Crippen LogP contribution is 2.16. The molecular formula is C20H19BrFN3O2. The Kier molecular flexibility index (Phi) is 6.01. The van der Waals surface area contributed by atoms with Gasteiger partial charge >= 0.3 is 0 Å². The Balaban J connectivity index is 1.70. The van der Waals surface area contributed by atoms with Crippen LogP contribution in [0.1, 0.15) is 24.0 Å². The van der Waals surface area contributed by atoms with Crippen LogP contribution in [0.4, 0.5) is 4.39 Å². The van der Waals surface area contributed by atoms with Crippen molar-refractivity contribution >= 4 is 33.5 Å².